The van der Waals surface area contributed by atoms with Crippen molar-refractivity contribution in [1.29, 1.82) is 0 Å². The van der Waals surface area contributed by atoms with Gasteiger partial charge in [-0.25, -0.2) is 4.39 Å². The Bertz CT molecular complexity index is 1670. The molecule has 0 radical (unpaired) electrons. The molecule has 10 heteroatoms. The number of anilines is 1. The van der Waals surface area contributed by atoms with Gasteiger partial charge in [0.25, 0.3) is 0 Å². The summed E-state index contributed by atoms with van der Waals surface area (Å²) in [6.45, 7) is 3.60. The molecule has 2 N–H and O–H groups in total. The Morgan fingerprint density at radius 2 is 1.70 bits per heavy atom. The van der Waals surface area contributed by atoms with E-state index in [0.717, 1.165) is 51.3 Å². The van der Waals surface area contributed by atoms with Crippen LogP contribution in [-0.4, -0.2) is 61.6 Å². The first-order valence-electron chi connectivity index (χ1n) is 15.9. The van der Waals surface area contributed by atoms with Crippen LogP contribution in [0.4, 0.5) is 10.1 Å². The van der Waals surface area contributed by atoms with E-state index in [-0.39, 0.29) is 11.4 Å². The van der Waals surface area contributed by atoms with Gasteiger partial charge in [-0.15, -0.1) is 0 Å². The molecule has 6 rings (SSSR count). The van der Waals surface area contributed by atoms with Crippen molar-refractivity contribution in [2.75, 3.05) is 45.2 Å². The van der Waals surface area contributed by atoms with Crippen LogP contribution < -0.4 is 24.8 Å². The molecule has 2 aliphatic heterocycles. The molecule has 0 saturated carbocycles. The molecule has 0 aliphatic carbocycles. The number of nitrogens with zero attached hydrogens (tertiary/aromatic N) is 2. The Kier molecular flexibility index (Phi) is 9.93. The van der Waals surface area contributed by atoms with Gasteiger partial charge in [-0.05, 0) is 92.9 Å². The van der Waals surface area contributed by atoms with Gasteiger partial charge in [0.1, 0.15) is 11.3 Å². The Labute approximate surface area is 268 Å². The highest BCUT2D eigenvalue weighted by molar-refractivity contribution is 6.39. The highest BCUT2D eigenvalue weighted by Crippen LogP contribution is 2.40. The number of rotatable bonds is 9. The average Bonchev–Trinajstić information content (AvgIpc) is 3.09. The standard InChI is InChI=1S/C36H39FN4O5/c1-44-34-32(45-23-26-11-16-38-17-12-26)10-8-28-30(13-18-39-33(28)34)46-31-9-7-27(22-29(31)37)40-35(42)36(43)41-19-14-25(15-20-41)21-24-5-3-2-4-6-24/h2-10,13,18,22,25-26,38H,11-12,14-17,19-21,23H2,1H3,(H,40,42). The molecule has 240 valence electrons. The molecule has 0 unspecified atom stereocenters. The van der Waals surface area contributed by atoms with Crippen LogP contribution in [0.5, 0.6) is 23.0 Å². The summed E-state index contributed by atoms with van der Waals surface area (Å²) in [7, 11) is 1.56. The van der Waals surface area contributed by atoms with Gasteiger partial charge in [0, 0.05) is 36.4 Å². The van der Waals surface area contributed by atoms with Gasteiger partial charge >= 0.3 is 11.8 Å². The van der Waals surface area contributed by atoms with Crippen LogP contribution in [-0.2, 0) is 16.0 Å². The fourth-order valence-electron chi connectivity index (χ4n) is 6.20. The molecule has 46 heavy (non-hydrogen) atoms. The molecule has 0 atom stereocenters. The Hall–Kier alpha value is -4.70. The molecular formula is C36H39FN4O5. The van der Waals surface area contributed by atoms with E-state index >= 15 is 4.39 Å². The minimum absolute atomic E-state index is 0.0393. The number of carbonyl (C=O) groups is 2. The SMILES string of the molecule is COc1c(OCC2CCNCC2)ccc2c(Oc3ccc(NC(=O)C(=O)N4CCC(Cc5ccccc5)CC4)cc3F)ccnc12. The number of methoxy groups -OCH3 is 1. The van der Waals surface area contributed by atoms with Crippen LogP contribution in [0.15, 0.2) is 72.9 Å². The van der Waals surface area contributed by atoms with Gasteiger partial charge in [-0.1, -0.05) is 30.3 Å². The van der Waals surface area contributed by atoms with Crippen molar-refractivity contribution in [1.82, 2.24) is 15.2 Å². The van der Waals surface area contributed by atoms with E-state index in [9.17, 15) is 9.59 Å². The quantitative estimate of drug-likeness (QED) is 0.221. The zero-order valence-electron chi connectivity index (χ0n) is 26.0. The van der Waals surface area contributed by atoms with Gasteiger partial charge in [0.15, 0.2) is 23.1 Å². The second-order valence-electron chi connectivity index (χ2n) is 11.9. The molecule has 2 saturated heterocycles. The van der Waals surface area contributed by atoms with Crippen molar-refractivity contribution >= 4 is 28.4 Å². The molecule has 3 aromatic carbocycles. The van der Waals surface area contributed by atoms with E-state index in [1.54, 1.807) is 24.3 Å². The summed E-state index contributed by atoms with van der Waals surface area (Å²) >= 11 is 0. The summed E-state index contributed by atoms with van der Waals surface area (Å²) in [6.07, 6.45) is 6.31. The molecule has 3 heterocycles. The number of halogens is 1. The Morgan fingerprint density at radius 3 is 2.43 bits per heavy atom. The first kappa shape index (κ1) is 31.3. The number of carbonyl (C=O) groups excluding carboxylic acids is 2. The average molecular weight is 627 g/mol. The van der Waals surface area contributed by atoms with E-state index in [1.165, 1.54) is 17.7 Å². The van der Waals surface area contributed by atoms with E-state index < -0.39 is 17.6 Å². The lowest BCUT2D eigenvalue weighted by molar-refractivity contribution is -0.144. The monoisotopic (exact) mass is 626 g/mol. The molecule has 1 aromatic heterocycles. The van der Waals surface area contributed by atoms with Gasteiger partial charge in [-0.2, -0.15) is 0 Å². The van der Waals surface area contributed by atoms with Crippen LogP contribution in [0.2, 0.25) is 0 Å². The van der Waals surface area contributed by atoms with Gasteiger partial charge in [0.05, 0.1) is 13.7 Å². The van der Waals surface area contributed by atoms with Gasteiger partial charge in [-0.3, -0.25) is 14.6 Å². The molecule has 0 bridgehead atoms. The normalized spacial score (nSPS) is 15.8. The Balaban J connectivity index is 1.07. The topological polar surface area (TPSA) is 102 Å². The number of ether oxygens (including phenoxy) is 3. The van der Waals surface area contributed by atoms with Crippen molar-refractivity contribution in [2.24, 2.45) is 11.8 Å². The number of piperidine rings is 2. The molecule has 9 nitrogen and oxygen atoms in total. The molecule has 4 aromatic rings. The minimum Gasteiger partial charge on any atom is -0.491 e. The van der Waals surface area contributed by atoms with E-state index in [1.807, 2.05) is 30.3 Å². The molecule has 0 spiro atoms. The number of nitrogens with one attached hydrogen (secondary N) is 2. The Morgan fingerprint density at radius 1 is 0.935 bits per heavy atom. The third-order valence-corrected chi connectivity index (χ3v) is 8.80. The van der Waals surface area contributed by atoms with Crippen molar-refractivity contribution in [3.8, 4) is 23.0 Å². The van der Waals surface area contributed by atoms with Crippen LogP contribution in [0.25, 0.3) is 10.9 Å². The van der Waals surface area contributed by atoms with Crippen LogP contribution in [0.1, 0.15) is 31.2 Å². The van der Waals surface area contributed by atoms with Crippen LogP contribution in [0, 0.1) is 17.7 Å². The number of hydrogen-bond acceptors (Lipinski definition) is 7. The van der Waals surface area contributed by atoms with Crippen molar-refractivity contribution < 1.29 is 28.2 Å². The summed E-state index contributed by atoms with van der Waals surface area (Å²) in [6, 6.07) is 19.6. The summed E-state index contributed by atoms with van der Waals surface area (Å²) < 4.78 is 33.0. The number of aromatic nitrogens is 1. The highest BCUT2D eigenvalue weighted by Gasteiger charge is 2.27. The minimum atomic E-state index is -0.792. The third kappa shape index (κ3) is 7.39. The third-order valence-electron chi connectivity index (χ3n) is 8.80. The summed E-state index contributed by atoms with van der Waals surface area (Å²) in [5.74, 6) is 0.268. The van der Waals surface area contributed by atoms with Crippen molar-refractivity contribution in [3.63, 3.8) is 0 Å². The number of hydrogen-bond donors (Lipinski definition) is 2. The van der Waals surface area contributed by atoms with Crippen molar-refractivity contribution in [2.45, 2.75) is 32.1 Å². The van der Waals surface area contributed by atoms with E-state index in [2.05, 4.69) is 27.8 Å². The van der Waals surface area contributed by atoms with Crippen LogP contribution in [0.3, 0.4) is 0 Å². The predicted octanol–water partition coefficient (Wildman–Crippen LogP) is 5.97. The fourth-order valence-corrected chi connectivity index (χ4v) is 6.20. The zero-order valence-corrected chi connectivity index (χ0v) is 26.0. The van der Waals surface area contributed by atoms with E-state index in [4.69, 9.17) is 14.2 Å². The van der Waals surface area contributed by atoms with Gasteiger partial charge in [0.2, 0.25) is 0 Å². The van der Waals surface area contributed by atoms with Gasteiger partial charge < -0.3 is 29.7 Å². The number of pyridine rings is 1. The number of fused-ring (bicyclic) bond motifs is 1. The molecule has 2 amide bonds. The van der Waals surface area contributed by atoms with E-state index in [0.29, 0.717) is 59.7 Å². The summed E-state index contributed by atoms with van der Waals surface area (Å²) in [5.41, 5.74) is 1.98. The van der Waals surface area contributed by atoms with Crippen LogP contribution >= 0.6 is 0 Å². The maximum absolute atomic E-state index is 15.2. The lowest BCUT2D eigenvalue weighted by Crippen LogP contribution is -2.44. The maximum atomic E-state index is 15.2. The number of amides is 2. The fraction of sp³-hybridized carbons (Fsp3) is 0.361. The molecular weight excluding hydrogens is 587 g/mol. The second kappa shape index (κ2) is 14.6. The summed E-state index contributed by atoms with van der Waals surface area (Å²) in [4.78, 5) is 31.7. The molecule has 2 fully saturated rings. The maximum Gasteiger partial charge on any atom is 0.313 e. The lowest BCUT2D eigenvalue weighted by atomic mass is 9.90. The summed E-state index contributed by atoms with van der Waals surface area (Å²) in [5, 5.41) is 6.53. The molecule has 2 aliphatic rings. The first-order valence-corrected chi connectivity index (χ1v) is 15.9. The largest absolute Gasteiger partial charge is 0.491 e. The van der Waals surface area contributed by atoms with Crippen molar-refractivity contribution in [3.05, 3.63) is 84.3 Å². The lowest BCUT2D eigenvalue weighted by Gasteiger charge is -2.31. The number of benzene rings is 3. The second-order valence-corrected chi connectivity index (χ2v) is 11.9. The zero-order chi connectivity index (χ0) is 31.9. The highest BCUT2D eigenvalue weighted by atomic mass is 19.1. The smallest absolute Gasteiger partial charge is 0.313 e. The predicted molar refractivity (Wildman–Crippen MR) is 174 cm³/mol. The number of likely N-dealkylation sites (tertiary alicyclic amines) is 1. The first-order chi connectivity index (χ1) is 22.5.